The van der Waals surface area contributed by atoms with E-state index in [0.29, 0.717) is 11.5 Å². The molecule has 0 radical (unpaired) electrons. The molecule has 1 aliphatic rings. The van der Waals surface area contributed by atoms with E-state index in [1.807, 2.05) is 6.92 Å². The predicted molar refractivity (Wildman–Crippen MR) is 109 cm³/mol. The monoisotopic (exact) mass is 423 g/mol. The molecule has 0 aliphatic heterocycles. The van der Waals surface area contributed by atoms with Gasteiger partial charge in [0.15, 0.2) is 5.82 Å². The van der Waals surface area contributed by atoms with Gasteiger partial charge in [0.25, 0.3) is 0 Å². The average Bonchev–Trinajstić information content (AvgIpc) is 3.24. The third-order valence-corrected chi connectivity index (χ3v) is 5.72. The van der Waals surface area contributed by atoms with E-state index in [-0.39, 0.29) is 35.4 Å². The lowest BCUT2D eigenvalue weighted by Crippen LogP contribution is -2.26. The van der Waals surface area contributed by atoms with E-state index < -0.39 is 17.6 Å². The van der Waals surface area contributed by atoms with Crippen LogP contribution in [0.2, 0.25) is 0 Å². The maximum absolute atomic E-state index is 14.7. The van der Waals surface area contributed by atoms with Crippen molar-refractivity contribution in [3.05, 3.63) is 53.3 Å². The van der Waals surface area contributed by atoms with Crippen LogP contribution >= 0.6 is 0 Å². The SMILES string of the molecule is CC(C(=O)Nc1ccc(NCc2ccc(C(F)(F)F)cc2)c(F)c1N)C1CCCC1. The zero-order valence-electron chi connectivity index (χ0n) is 16.7. The van der Waals surface area contributed by atoms with Crippen LogP contribution in [0.4, 0.5) is 34.6 Å². The van der Waals surface area contributed by atoms with Gasteiger partial charge in [-0.25, -0.2) is 4.39 Å². The molecule has 30 heavy (non-hydrogen) atoms. The second-order valence-corrected chi connectivity index (χ2v) is 7.76. The third-order valence-electron chi connectivity index (χ3n) is 5.72. The van der Waals surface area contributed by atoms with E-state index in [9.17, 15) is 22.4 Å². The van der Waals surface area contributed by atoms with Crippen molar-refractivity contribution < 1.29 is 22.4 Å². The van der Waals surface area contributed by atoms with E-state index >= 15 is 0 Å². The Hall–Kier alpha value is -2.77. The third kappa shape index (κ3) is 5.04. The summed E-state index contributed by atoms with van der Waals surface area (Å²) < 4.78 is 52.5. The lowest BCUT2D eigenvalue weighted by atomic mass is 9.92. The standard InChI is InChI=1S/C22H25F4N3O/c1-13(15-4-2-3-5-15)21(30)29-18-11-10-17(19(23)20(18)27)28-12-14-6-8-16(9-7-14)22(24,25)26/h6-11,13,15,28H,2-5,12,27H2,1H3,(H,29,30). The molecule has 162 valence electrons. The van der Waals surface area contributed by atoms with E-state index in [2.05, 4.69) is 10.6 Å². The van der Waals surface area contributed by atoms with E-state index in [4.69, 9.17) is 5.73 Å². The summed E-state index contributed by atoms with van der Waals surface area (Å²) in [5, 5.41) is 5.54. The van der Waals surface area contributed by atoms with Crippen molar-refractivity contribution in [2.24, 2.45) is 11.8 Å². The Bertz CT molecular complexity index is 890. The molecule has 1 aliphatic carbocycles. The highest BCUT2D eigenvalue weighted by Gasteiger charge is 2.30. The highest BCUT2D eigenvalue weighted by atomic mass is 19.4. The molecule has 1 fully saturated rings. The number of hydrogen-bond acceptors (Lipinski definition) is 3. The molecule has 3 rings (SSSR count). The average molecular weight is 423 g/mol. The van der Waals surface area contributed by atoms with Gasteiger partial charge in [-0.3, -0.25) is 4.79 Å². The van der Waals surface area contributed by atoms with Crippen molar-refractivity contribution in [3.8, 4) is 0 Å². The summed E-state index contributed by atoms with van der Waals surface area (Å²) >= 11 is 0. The summed E-state index contributed by atoms with van der Waals surface area (Å²) in [5.74, 6) is -0.736. The van der Waals surface area contributed by atoms with Crippen molar-refractivity contribution in [1.82, 2.24) is 0 Å². The van der Waals surface area contributed by atoms with Crippen LogP contribution in [0.25, 0.3) is 0 Å². The number of amides is 1. The normalized spacial score (nSPS) is 15.8. The lowest BCUT2D eigenvalue weighted by molar-refractivity contribution is -0.137. The number of alkyl halides is 3. The zero-order valence-corrected chi connectivity index (χ0v) is 16.7. The number of nitrogens with one attached hydrogen (secondary N) is 2. The first-order valence-corrected chi connectivity index (χ1v) is 9.95. The molecule has 2 aromatic rings. The lowest BCUT2D eigenvalue weighted by Gasteiger charge is -2.19. The Balaban J connectivity index is 1.63. The number of halogens is 4. The highest BCUT2D eigenvalue weighted by Crippen LogP contribution is 2.34. The molecule has 1 atom stereocenters. The Morgan fingerprint density at radius 3 is 2.30 bits per heavy atom. The number of nitrogens with two attached hydrogens (primary N) is 1. The smallest absolute Gasteiger partial charge is 0.395 e. The van der Waals surface area contributed by atoms with Gasteiger partial charge in [0.1, 0.15) is 0 Å². The summed E-state index contributed by atoms with van der Waals surface area (Å²) in [7, 11) is 0. The number of hydrogen-bond donors (Lipinski definition) is 3. The molecule has 1 unspecified atom stereocenters. The van der Waals surface area contributed by atoms with Crippen LogP contribution in [0.15, 0.2) is 36.4 Å². The second kappa shape index (κ2) is 8.93. The van der Waals surface area contributed by atoms with Crippen molar-refractivity contribution in [1.29, 1.82) is 0 Å². The Kier molecular flexibility index (Phi) is 6.53. The minimum atomic E-state index is -4.40. The van der Waals surface area contributed by atoms with Gasteiger partial charge in [0.05, 0.1) is 22.6 Å². The molecule has 4 nitrogen and oxygen atoms in total. The van der Waals surface area contributed by atoms with Gasteiger partial charge < -0.3 is 16.4 Å². The molecule has 1 saturated carbocycles. The Labute approximate surface area is 172 Å². The molecular weight excluding hydrogens is 398 g/mol. The van der Waals surface area contributed by atoms with Gasteiger partial charge in [-0.05, 0) is 48.6 Å². The largest absolute Gasteiger partial charge is 0.416 e. The quantitative estimate of drug-likeness (QED) is 0.406. The van der Waals surface area contributed by atoms with Crippen molar-refractivity contribution >= 4 is 23.0 Å². The van der Waals surface area contributed by atoms with Crippen molar-refractivity contribution in [2.45, 2.75) is 45.3 Å². The number of carbonyl (C=O) groups is 1. The molecule has 0 aromatic heterocycles. The molecule has 0 heterocycles. The minimum absolute atomic E-state index is 0.106. The minimum Gasteiger partial charge on any atom is -0.395 e. The van der Waals surface area contributed by atoms with Crippen LogP contribution in [-0.2, 0) is 17.5 Å². The summed E-state index contributed by atoms with van der Waals surface area (Å²) in [6.07, 6.45) is -0.116. The maximum Gasteiger partial charge on any atom is 0.416 e. The number of carbonyl (C=O) groups excluding carboxylic acids is 1. The van der Waals surface area contributed by atoms with E-state index in [1.54, 1.807) is 0 Å². The Morgan fingerprint density at radius 1 is 1.10 bits per heavy atom. The van der Waals surface area contributed by atoms with Crippen LogP contribution in [0, 0.1) is 17.7 Å². The molecular formula is C22H25F4N3O. The predicted octanol–water partition coefficient (Wildman–Crippen LogP) is 5.80. The summed E-state index contributed by atoms with van der Waals surface area (Å²) in [6.45, 7) is 2.00. The summed E-state index contributed by atoms with van der Waals surface area (Å²) in [5.41, 5.74) is 5.82. The number of nitrogen functional groups attached to an aromatic ring is 1. The first-order valence-electron chi connectivity index (χ1n) is 9.95. The fraction of sp³-hybridized carbons (Fsp3) is 0.409. The fourth-order valence-electron chi connectivity index (χ4n) is 3.77. The van der Waals surface area contributed by atoms with Gasteiger partial charge in [0.2, 0.25) is 5.91 Å². The van der Waals surface area contributed by atoms with Gasteiger partial charge >= 0.3 is 6.18 Å². The number of rotatable bonds is 6. The zero-order chi connectivity index (χ0) is 21.9. The van der Waals surface area contributed by atoms with Crippen molar-refractivity contribution in [2.75, 3.05) is 16.4 Å². The van der Waals surface area contributed by atoms with E-state index in [1.165, 1.54) is 24.3 Å². The van der Waals surface area contributed by atoms with Crippen LogP contribution in [0.1, 0.15) is 43.7 Å². The molecule has 4 N–H and O–H groups in total. The topological polar surface area (TPSA) is 67.2 Å². The fourth-order valence-corrected chi connectivity index (χ4v) is 3.77. The molecule has 1 amide bonds. The highest BCUT2D eigenvalue weighted by molar-refractivity contribution is 5.96. The van der Waals surface area contributed by atoms with Crippen LogP contribution in [-0.4, -0.2) is 5.91 Å². The molecule has 2 aromatic carbocycles. The van der Waals surface area contributed by atoms with Crippen LogP contribution < -0.4 is 16.4 Å². The second-order valence-electron chi connectivity index (χ2n) is 7.76. The van der Waals surface area contributed by atoms with Gasteiger partial charge in [-0.1, -0.05) is 31.9 Å². The maximum atomic E-state index is 14.7. The molecule has 0 saturated heterocycles. The van der Waals surface area contributed by atoms with Crippen molar-refractivity contribution in [3.63, 3.8) is 0 Å². The first-order chi connectivity index (χ1) is 14.2. The molecule has 0 bridgehead atoms. The molecule has 8 heteroatoms. The summed E-state index contributed by atoms with van der Waals surface area (Å²) in [4.78, 5) is 12.5. The molecule has 0 spiro atoms. The van der Waals surface area contributed by atoms with E-state index in [0.717, 1.165) is 37.8 Å². The van der Waals surface area contributed by atoms with Gasteiger partial charge in [-0.15, -0.1) is 0 Å². The van der Waals surface area contributed by atoms with Gasteiger partial charge in [-0.2, -0.15) is 13.2 Å². The van der Waals surface area contributed by atoms with Gasteiger partial charge in [0, 0.05) is 12.5 Å². The first kappa shape index (κ1) is 21.9. The van der Waals surface area contributed by atoms with Crippen LogP contribution in [0.5, 0.6) is 0 Å². The number of anilines is 3. The number of benzene rings is 2. The van der Waals surface area contributed by atoms with Crippen LogP contribution in [0.3, 0.4) is 0 Å². The Morgan fingerprint density at radius 2 is 1.70 bits per heavy atom. The summed E-state index contributed by atoms with van der Waals surface area (Å²) in [6, 6.07) is 7.59.